The minimum absolute atomic E-state index is 0.295. The second-order valence-electron chi connectivity index (χ2n) is 4.03. The van der Waals surface area contributed by atoms with Crippen molar-refractivity contribution in [3.63, 3.8) is 0 Å². The number of hydrogen-bond acceptors (Lipinski definition) is 3. The first kappa shape index (κ1) is 15.4. The van der Waals surface area contributed by atoms with Crippen molar-refractivity contribution in [3.8, 4) is 11.5 Å². The van der Waals surface area contributed by atoms with Crippen LogP contribution in [-0.4, -0.2) is 12.1 Å². The highest BCUT2D eigenvalue weighted by molar-refractivity contribution is 9.10. The maximum Gasteiger partial charge on any atom is 0.166 e. The third-order valence-electron chi connectivity index (χ3n) is 2.61. The Labute approximate surface area is 136 Å². The van der Waals surface area contributed by atoms with Crippen molar-refractivity contribution < 1.29 is 9.47 Å². The number of benzene rings is 1. The first-order valence-electron chi connectivity index (χ1n) is 5.78. The topological polar surface area (TPSA) is 31.4 Å². The van der Waals surface area contributed by atoms with Gasteiger partial charge in [0.05, 0.1) is 13.0 Å². The van der Waals surface area contributed by atoms with Gasteiger partial charge < -0.3 is 9.47 Å². The van der Waals surface area contributed by atoms with Crippen LogP contribution in [0.25, 0.3) is 0 Å². The summed E-state index contributed by atoms with van der Waals surface area (Å²) in [6.45, 7) is 0.369. The van der Waals surface area contributed by atoms with Gasteiger partial charge in [-0.3, -0.25) is 4.98 Å². The molecule has 0 aliphatic carbocycles. The lowest BCUT2D eigenvalue weighted by Gasteiger charge is -2.14. The minimum atomic E-state index is 0.295. The largest absolute Gasteiger partial charge is 0.493 e. The number of alkyl halides is 1. The highest BCUT2D eigenvalue weighted by Gasteiger charge is 2.12. The first-order chi connectivity index (χ1) is 9.63. The summed E-state index contributed by atoms with van der Waals surface area (Å²) in [5, 5.41) is 0.564. The van der Waals surface area contributed by atoms with Gasteiger partial charge in [0.25, 0.3) is 0 Å². The fourth-order valence-electron chi connectivity index (χ4n) is 1.73. The summed E-state index contributed by atoms with van der Waals surface area (Å²) in [4.78, 5) is 4.09. The molecule has 0 saturated heterocycles. The molecule has 0 N–H and O–H groups in total. The van der Waals surface area contributed by atoms with Crippen molar-refractivity contribution in [1.29, 1.82) is 0 Å². The van der Waals surface area contributed by atoms with Crippen LogP contribution in [0, 0.1) is 0 Å². The summed E-state index contributed by atoms with van der Waals surface area (Å²) >= 11 is 15.3. The summed E-state index contributed by atoms with van der Waals surface area (Å²) in [6.07, 6.45) is 3.46. The first-order valence-corrected chi connectivity index (χ1v) is 7.49. The van der Waals surface area contributed by atoms with E-state index >= 15 is 0 Å². The maximum absolute atomic E-state index is 6.01. The Morgan fingerprint density at radius 3 is 2.70 bits per heavy atom. The van der Waals surface area contributed by atoms with Crippen molar-refractivity contribution in [2.75, 3.05) is 7.11 Å². The molecule has 1 aromatic carbocycles. The van der Waals surface area contributed by atoms with E-state index in [0.29, 0.717) is 29.0 Å². The Hall–Kier alpha value is -0.970. The molecule has 0 fully saturated rings. The lowest BCUT2D eigenvalue weighted by Crippen LogP contribution is -2.01. The molecule has 0 atom stereocenters. The molecule has 0 unspecified atom stereocenters. The van der Waals surface area contributed by atoms with E-state index in [9.17, 15) is 0 Å². The standard InChI is InChI=1S/C14H12BrCl2NO2/c1-19-13-4-12(17)3-10(5-16)14(13)20-8-9-2-11(15)7-18-6-9/h2-4,6-7H,5,8H2,1H3. The van der Waals surface area contributed by atoms with Gasteiger partial charge in [0.15, 0.2) is 11.5 Å². The molecule has 1 aromatic heterocycles. The number of pyridine rings is 1. The van der Waals surface area contributed by atoms with E-state index in [0.717, 1.165) is 15.6 Å². The second kappa shape index (κ2) is 7.16. The zero-order chi connectivity index (χ0) is 14.5. The van der Waals surface area contributed by atoms with Crippen molar-refractivity contribution in [1.82, 2.24) is 4.98 Å². The van der Waals surface area contributed by atoms with Crippen LogP contribution >= 0.6 is 39.1 Å². The Kier molecular flexibility index (Phi) is 5.52. The van der Waals surface area contributed by atoms with Crippen LogP contribution in [0.3, 0.4) is 0 Å². The van der Waals surface area contributed by atoms with Gasteiger partial charge in [0.1, 0.15) is 6.61 Å². The Bertz CT molecular complexity index is 582. The van der Waals surface area contributed by atoms with E-state index in [2.05, 4.69) is 20.9 Å². The third-order valence-corrected chi connectivity index (χ3v) is 3.54. The molecule has 6 heteroatoms. The zero-order valence-electron chi connectivity index (χ0n) is 10.7. The van der Waals surface area contributed by atoms with E-state index in [4.69, 9.17) is 32.7 Å². The van der Waals surface area contributed by atoms with Gasteiger partial charge in [0, 0.05) is 39.1 Å². The number of halogens is 3. The molecule has 0 aliphatic heterocycles. The Morgan fingerprint density at radius 2 is 2.05 bits per heavy atom. The monoisotopic (exact) mass is 375 g/mol. The predicted molar refractivity (Wildman–Crippen MR) is 83.8 cm³/mol. The summed E-state index contributed by atoms with van der Waals surface area (Å²) in [5.74, 6) is 1.46. The van der Waals surface area contributed by atoms with Gasteiger partial charge in [-0.15, -0.1) is 11.6 Å². The van der Waals surface area contributed by atoms with Gasteiger partial charge in [0.2, 0.25) is 0 Å². The minimum Gasteiger partial charge on any atom is -0.493 e. The quantitative estimate of drug-likeness (QED) is 0.700. The molecule has 0 spiro atoms. The van der Waals surface area contributed by atoms with E-state index < -0.39 is 0 Å². The van der Waals surface area contributed by atoms with Crippen LogP contribution < -0.4 is 9.47 Å². The molecule has 0 radical (unpaired) electrons. The van der Waals surface area contributed by atoms with Crippen molar-refractivity contribution in [2.45, 2.75) is 12.5 Å². The van der Waals surface area contributed by atoms with E-state index in [1.807, 2.05) is 6.07 Å². The molecular weight excluding hydrogens is 365 g/mol. The molecule has 0 aliphatic rings. The molecule has 3 nitrogen and oxygen atoms in total. The SMILES string of the molecule is COc1cc(Cl)cc(CCl)c1OCc1cncc(Br)c1. The molecular formula is C14H12BrCl2NO2. The highest BCUT2D eigenvalue weighted by Crippen LogP contribution is 2.36. The third kappa shape index (κ3) is 3.78. The summed E-state index contributed by atoms with van der Waals surface area (Å²) < 4.78 is 12.0. The van der Waals surface area contributed by atoms with Crippen LogP contribution in [-0.2, 0) is 12.5 Å². The van der Waals surface area contributed by atoms with Gasteiger partial charge >= 0.3 is 0 Å². The molecule has 0 saturated carbocycles. The average molecular weight is 377 g/mol. The summed E-state index contributed by atoms with van der Waals surface area (Å²) in [7, 11) is 1.57. The fourth-order valence-corrected chi connectivity index (χ4v) is 2.57. The highest BCUT2D eigenvalue weighted by atomic mass is 79.9. The lowest BCUT2D eigenvalue weighted by molar-refractivity contribution is 0.282. The normalized spacial score (nSPS) is 10.4. The molecule has 106 valence electrons. The number of aromatic nitrogens is 1. The second-order valence-corrected chi connectivity index (χ2v) is 5.65. The molecule has 20 heavy (non-hydrogen) atoms. The lowest BCUT2D eigenvalue weighted by atomic mass is 10.2. The van der Waals surface area contributed by atoms with Gasteiger partial charge in [-0.2, -0.15) is 0 Å². The van der Waals surface area contributed by atoms with Crippen molar-refractivity contribution >= 4 is 39.1 Å². The number of methoxy groups -OCH3 is 1. The molecule has 0 bridgehead atoms. The fraction of sp³-hybridized carbons (Fsp3) is 0.214. The molecule has 1 heterocycles. The van der Waals surface area contributed by atoms with Crippen molar-refractivity contribution in [2.24, 2.45) is 0 Å². The van der Waals surface area contributed by atoms with Crippen LogP contribution in [0.5, 0.6) is 11.5 Å². The van der Waals surface area contributed by atoms with Crippen molar-refractivity contribution in [3.05, 3.63) is 51.2 Å². The number of rotatable bonds is 5. The Morgan fingerprint density at radius 1 is 1.25 bits per heavy atom. The van der Waals surface area contributed by atoms with E-state index in [1.54, 1.807) is 31.6 Å². The van der Waals surface area contributed by atoms with Crippen LogP contribution in [0.1, 0.15) is 11.1 Å². The van der Waals surface area contributed by atoms with Gasteiger partial charge in [-0.05, 0) is 28.1 Å². The number of ether oxygens (including phenoxy) is 2. The molecule has 2 aromatic rings. The predicted octanol–water partition coefficient (Wildman–Crippen LogP) is 4.82. The average Bonchev–Trinajstić information content (AvgIpc) is 2.45. The van der Waals surface area contributed by atoms with E-state index in [1.165, 1.54) is 0 Å². The molecule has 0 amide bonds. The number of hydrogen-bond donors (Lipinski definition) is 0. The zero-order valence-corrected chi connectivity index (χ0v) is 13.8. The smallest absolute Gasteiger partial charge is 0.166 e. The summed E-state index contributed by atoms with van der Waals surface area (Å²) in [5.41, 5.74) is 1.73. The van der Waals surface area contributed by atoms with E-state index in [-0.39, 0.29) is 0 Å². The molecule has 2 rings (SSSR count). The summed E-state index contributed by atoms with van der Waals surface area (Å²) in [6, 6.07) is 5.41. The Balaban J connectivity index is 2.24. The van der Waals surface area contributed by atoms with Gasteiger partial charge in [-0.1, -0.05) is 11.6 Å². The van der Waals surface area contributed by atoms with Crippen LogP contribution in [0.4, 0.5) is 0 Å². The van der Waals surface area contributed by atoms with Crippen LogP contribution in [0.2, 0.25) is 5.02 Å². The number of nitrogens with zero attached hydrogens (tertiary/aromatic N) is 1. The van der Waals surface area contributed by atoms with Crippen LogP contribution in [0.15, 0.2) is 35.1 Å². The maximum atomic E-state index is 6.01. The van der Waals surface area contributed by atoms with Gasteiger partial charge in [-0.25, -0.2) is 0 Å².